The molecule has 6 heteroatoms. The average Bonchev–Trinajstić information content (AvgIpc) is 3.60. The smallest absolute Gasteiger partial charge is 0.329 e. The molecular formula is C29H44FNO4. The number of benzene rings is 1. The molecule has 0 bridgehead atoms. The molecule has 0 N–H and O–H groups in total. The number of allylic oxidation sites excluding steroid dienone is 1. The highest BCUT2D eigenvalue weighted by molar-refractivity contribution is 5.97. The van der Waals surface area contributed by atoms with Gasteiger partial charge < -0.3 is 14.4 Å². The van der Waals surface area contributed by atoms with Gasteiger partial charge in [0.1, 0.15) is 23.2 Å². The lowest BCUT2D eigenvalue weighted by molar-refractivity contribution is -0.161. The first-order valence-corrected chi connectivity index (χ1v) is 12.9. The fraction of sp³-hybridized carbons (Fsp3) is 0.655. The molecule has 1 saturated carbocycles. The zero-order valence-electron chi connectivity index (χ0n) is 22.9. The van der Waals surface area contributed by atoms with Crippen LogP contribution in [-0.2, 0) is 9.53 Å². The van der Waals surface area contributed by atoms with E-state index in [0.717, 1.165) is 37.7 Å². The molecule has 2 rings (SSSR count). The third-order valence-corrected chi connectivity index (χ3v) is 6.98. The quantitative estimate of drug-likeness (QED) is 0.237. The summed E-state index contributed by atoms with van der Waals surface area (Å²) < 4.78 is 27.1. The maximum Gasteiger partial charge on any atom is 0.329 e. The highest BCUT2D eigenvalue weighted by Gasteiger charge is 2.36. The number of nitrogens with zero attached hydrogens (tertiary/aromatic N) is 1. The molecule has 196 valence electrons. The van der Waals surface area contributed by atoms with Crippen LogP contribution in [0.5, 0.6) is 5.75 Å². The number of carbonyl (C=O) groups is 2. The lowest BCUT2D eigenvalue weighted by Gasteiger charge is -2.32. The predicted molar refractivity (Wildman–Crippen MR) is 138 cm³/mol. The molecule has 1 atom stereocenters. The highest BCUT2D eigenvalue weighted by atomic mass is 19.1. The first kappa shape index (κ1) is 28.9. The summed E-state index contributed by atoms with van der Waals surface area (Å²) in [5.41, 5.74) is 0.0848. The van der Waals surface area contributed by atoms with E-state index in [2.05, 4.69) is 20.4 Å². The Bertz CT molecular complexity index is 910. The van der Waals surface area contributed by atoms with Gasteiger partial charge in [0.05, 0.1) is 12.2 Å². The summed E-state index contributed by atoms with van der Waals surface area (Å²) in [7, 11) is 1.53. The number of hydrogen-bond donors (Lipinski definition) is 0. The Kier molecular flexibility index (Phi) is 9.55. The Labute approximate surface area is 211 Å². The van der Waals surface area contributed by atoms with Crippen LogP contribution in [0.1, 0.15) is 102 Å². The molecular weight excluding hydrogens is 445 g/mol. The van der Waals surface area contributed by atoms with Crippen molar-refractivity contribution in [1.29, 1.82) is 0 Å². The van der Waals surface area contributed by atoms with Crippen LogP contribution in [0.3, 0.4) is 0 Å². The first-order valence-electron chi connectivity index (χ1n) is 12.9. The van der Waals surface area contributed by atoms with Crippen molar-refractivity contribution in [3.63, 3.8) is 0 Å². The largest absolute Gasteiger partial charge is 0.493 e. The number of halogens is 1. The van der Waals surface area contributed by atoms with Crippen LogP contribution in [0.15, 0.2) is 24.8 Å². The van der Waals surface area contributed by atoms with E-state index in [1.165, 1.54) is 18.0 Å². The number of rotatable bonds is 12. The van der Waals surface area contributed by atoms with Crippen molar-refractivity contribution in [2.45, 2.75) is 98.1 Å². The number of esters is 1. The molecule has 1 fully saturated rings. The van der Waals surface area contributed by atoms with Crippen LogP contribution in [0, 0.1) is 17.2 Å². The number of ether oxygens (including phenoxy) is 2. The summed E-state index contributed by atoms with van der Waals surface area (Å²) in [6.07, 6.45) is 6.56. The van der Waals surface area contributed by atoms with Crippen molar-refractivity contribution in [2.24, 2.45) is 11.3 Å². The molecule has 1 aromatic carbocycles. The molecule has 0 saturated heterocycles. The van der Waals surface area contributed by atoms with Crippen molar-refractivity contribution in [3.8, 4) is 5.75 Å². The zero-order valence-corrected chi connectivity index (χ0v) is 22.9. The standard InChI is InChI=1S/C29H44FNO4/c1-10-15-29(11-2,12-3)18-34-24-17-23(30)22(16-21(24)20-13-14-20)26(32)31(9)25(19(4)5)27(33)35-28(6,7)8/h10,16-17,19-20,25H,1,11-15,18H2,2-9H3/t25-/m0/s1. The van der Waals surface area contributed by atoms with Gasteiger partial charge in [-0.15, -0.1) is 6.58 Å². The van der Waals surface area contributed by atoms with Gasteiger partial charge in [0.2, 0.25) is 0 Å². The number of hydrogen-bond acceptors (Lipinski definition) is 4. The molecule has 0 aromatic heterocycles. The van der Waals surface area contributed by atoms with E-state index in [9.17, 15) is 9.59 Å². The van der Waals surface area contributed by atoms with Crippen LogP contribution in [-0.4, -0.2) is 42.1 Å². The summed E-state index contributed by atoms with van der Waals surface area (Å²) in [4.78, 5) is 27.6. The lowest BCUT2D eigenvalue weighted by atomic mass is 9.80. The van der Waals surface area contributed by atoms with Gasteiger partial charge in [-0.25, -0.2) is 9.18 Å². The normalized spacial score (nSPS) is 15.0. The lowest BCUT2D eigenvalue weighted by Crippen LogP contribution is -2.48. The van der Waals surface area contributed by atoms with Gasteiger partial charge in [0.25, 0.3) is 5.91 Å². The second-order valence-corrected chi connectivity index (χ2v) is 11.3. The third-order valence-electron chi connectivity index (χ3n) is 6.98. The summed E-state index contributed by atoms with van der Waals surface area (Å²) in [5, 5.41) is 0. The summed E-state index contributed by atoms with van der Waals surface area (Å²) in [6.45, 7) is 17.6. The van der Waals surface area contributed by atoms with Gasteiger partial charge in [-0.3, -0.25) is 4.79 Å². The minimum absolute atomic E-state index is 0.0423. The van der Waals surface area contributed by atoms with E-state index in [-0.39, 0.29) is 22.8 Å². The van der Waals surface area contributed by atoms with Crippen molar-refractivity contribution < 1.29 is 23.5 Å². The Morgan fingerprint density at radius 1 is 1.20 bits per heavy atom. The van der Waals surface area contributed by atoms with Gasteiger partial charge >= 0.3 is 5.97 Å². The van der Waals surface area contributed by atoms with Gasteiger partial charge in [0, 0.05) is 18.5 Å². The van der Waals surface area contributed by atoms with Crippen LogP contribution in [0.4, 0.5) is 4.39 Å². The molecule has 5 nitrogen and oxygen atoms in total. The van der Waals surface area contributed by atoms with Crippen molar-refractivity contribution >= 4 is 11.9 Å². The molecule has 0 aliphatic heterocycles. The summed E-state index contributed by atoms with van der Waals surface area (Å²) in [6, 6.07) is 2.15. The molecule has 1 aliphatic carbocycles. The van der Waals surface area contributed by atoms with Crippen LogP contribution < -0.4 is 4.74 Å². The molecule has 1 amide bonds. The van der Waals surface area contributed by atoms with Crippen LogP contribution in [0.25, 0.3) is 0 Å². The second-order valence-electron chi connectivity index (χ2n) is 11.3. The minimum atomic E-state index is -0.824. The zero-order chi connectivity index (χ0) is 26.6. The minimum Gasteiger partial charge on any atom is -0.493 e. The van der Waals surface area contributed by atoms with Crippen molar-refractivity contribution in [1.82, 2.24) is 4.90 Å². The Morgan fingerprint density at radius 2 is 1.80 bits per heavy atom. The summed E-state index contributed by atoms with van der Waals surface area (Å²) >= 11 is 0. The van der Waals surface area contributed by atoms with E-state index >= 15 is 4.39 Å². The second kappa shape index (κ2) is 11.6. The number of carbonyl (C=O) groups excluding carboxylic acids is 2. The summed E-state index contributed by atoms with van der Waals surface area (Å²) in [5.74, 6) is -1.12. The molecule has 0 unspecified atom stereocenters. The van der Waals surface area contributed by atoms with Gasteiger partial charge in [-0.05, 0) is 76.3 Å². The third kappa shape index (κ3) is 7.31. The van der Waals surface area contributed by atoms with E-state index in [1.807, 2.05) is 19.9 Å². The van der Waals surface area contributed by atoms with E-state index in [4.69, 9.17) is 9.47 Å². The number of likely N-dealkylation sites (N-methyl/N-ethyl adjacent to an activating group) is 1. The van der Waals surface area contributed by atoms with Crippen LogP contribution >= 0.6 is 0 Å². The number of amides is 1. The Morgan fingerprint density at radius 3 is 2.26 bits per heavy atom. The monoisotopic (exact) mass is 489 g/mol. The van der Waals surface area contributed by atoms with Gasteiger partial charge in [0.15, 0.2) is 0 Å². The average molecular weight is 490 g/mol. The maximum absolute atomic E-state index is 15.3. The van der Waals surface area contributed by atoms with Gasteiger partial charge in [-0.2, -0.15) is 0 Å². The fourth-order valence-corrected chi connectivity index (χ4v) is 4.47. The van der Waals surface area contributed by atoms with E-state index in [0.29, 0.717) is 12.4 Å². The van der Waals surface area contributed by atoms with E-state index in [1.54, 1.807) is 26.8 Å². The Balaban J connectivity index is 2.35. The molecule has 1 aromatic rings. The molecule has 35 heavy (non-hydrogen) atoms. The predicted octanol–water partition coefficient (Wildman–Crippen LogP) is 6.90. The first-order chi connectivity index (χ1) is 16.3. The molecule has 0 spiro atoms. The van der Waals surface area contributed by atoms with Gasteiger partial charge in [-0.1, -0.05) is 33.8 Å². The topological polar surface area (TPSA) is 55.8 Å². The molecule has 1 aliphatic rings. The van der Waals surface area contributed by atoms with Crippen LogP contribution in [0.2, 0.25) is 0 Å². The van der Waals surface area contributed by atoms with E-state index < -0.39 is 29.3 Å². The fourth-order valence-electron chi connectivity index (χ4n) is 4.47. The molecule has 0 heterocycles. The Hall–Kier alpha value is -2.37. The van der Waals surface area contributed by atoms with Crippen molar-refractivity contribution in [2.75, 3.05) is 13.7 Å². The molecule has 0 radical (unpaired) electrons. The highest BCUT2D eigenvalue weighted by Crippen LogP contribution is 2.46. The maximum atomic E-state index is 15.3. The SMILES string of the molecule is C=CCC(CC)(CC)COc1cc(F)c(C(=O)N(C)[C@H](C(=O)OC(C)(C)C)C(C)C)cc1C1CC1. The van der Waals surface area contributed by atoms with Crippen molar-refractivity contribution in [3.05, 3.63) is 41.7 Å².